The van der Waals surface area contributed by atoms with Crippen molar-refractivity contribution in [1.29, 1.82) is 0 Å². The van der Waals surface area contributed by atoms with Crippen LogP contribution in [-0.4, -0.2) is 77.4 Å². The smallest absolute Gasteiger partial charge is 0.497 e. The van der Waals surface area contributed by atoms with Gasteiger partial charge in [-0.05, 0) is 26.5 Å². The van der Waals surface area contributed by atoms with Gasteiger partial charge in [-0.3, -0.25) is 29.1 Å². The topological polar surface area (TPSA) is 140 Å². The molecule has 0 saturated carbocycles. The minimum atomic E-state index is -1.30. The molecular formula is C22H26BN5O6. The zero-order valence-electron chi connectivity index (χ0n) is 19.1. The SMILES string of the molecule is C[C@H]1C(=O)OB(CNC(=O)[C@H](Cc2ccccc2)NC(=O)c2cnccn2)OC(=O)[C@H](C)N1C. The molecule has 1 saturated heterocycles. The molecule has 0 spiro atoms. The fourth-order valence-electron chi connectivity index (χ4n) is 3.25. The summed E-state index contributed by atoms with van der Waals surface area (Å²) in [4.78, 5) is 59.6. The molecule has 2 aromatic rings. The van der Waals surface area contributed by atoms with E-state index in [0.29, 0.717) is 0 Å². The summed E-state index contributed by atoms with van der Waals surface area (Å²) in [6.45, 7) is 3.23. The van der Waals surface area contributed by atoms with E-state index in [1.807, 2.05) is 30.3 Å². The van der Waals surface area contributed by atoms with Crippen LogP contribution in [0.5, 0.6) is 0 Å². The van der Waals surface area contributed by atoms with Crippen LogP contribution in [0.25, 0.3) is 0 Å². The van der Waals surface area contributed by atoms with E-state index in [4.69, 9.17) is 9.31 Å². The molecule has 11 nitrogen and oxygen atoms in total. The zero-order valence-corrected chi connectivity index (χ0v) is 19.1. The van der Waals surface area contributed by atoms with Gasteiger partial charge in [-0.15, -0.1) is 0 Å². The number of likely N-dealkylation sites (N-methyl/N-ethyl adjacent to an activating group) is 1. The maximum absolute atomic E-state index is 13.0. The number of aromatic nitrogens is 2. The number of nitrogens with zero attached hydrogens (tertiary/aromatic N) is 3. The van der Waals surface area contributed by atoms with Gasteiger partial charge >= 0.3 is 19.1 Å². The van der Waals surface area contributed by atoms with Gasteiger partial charge in [0.2, 0.25) is 5.91 Å². The Morgan fingerprint density at radius 2 is 1.74 bits per heavy atom. The Balaban J connectivity index is 1.69. The summed E-state index contributed by atoms with van der Waals surface area (Å²) in [7, 11) is 0.323. The normalized spacial score (nSPS) is 19.8. The number of carbonyl (C=O) groups excluding carboxylic acids is 4. The molecule has 1 fully saturated rings. The van der Waals surface area contributed by atoms with Gasteiger partial charge in [-0.1, -0.05) is 30.3 Å². The number of hydrogen-bond acceptors (Lipinski definition) is 9. The molecule has 1 aromatic carbocycles. The molecule has 2 N–H and O–H groups in total. The average molecular weight is 467 g/mol. The molecule has 0 unspecified atom stereocenters. The summed E-state index contributed by atoms with van der Waals surface area (Å²) in [5.74, 6) is -2.29. The molecule has 3 atom stereocenters. The zero-order chi connectivity index (χ0) is 24.7. The highest BCUT2D eigenvalue weighted by molar-refractivity contribution is 6.49. The first-order valence-electron chi connectivity index (χ1n) is 10.8. The van der Waals surface area contributed by atoms with Crippen LogP contribution in [0.3, 0.4) is 0 Å². The van der Waals surface area contributed by atoms with Crippen molar-refractivity contribution >= 4 is 30.9 Å². The Kier molecular flexibility index (Phi) is 8.31. The highest BCUT2D eigenvalue weighted by Crippen LogP contribution is 2.12. The minimum absolute atomic E-state index is 0.0586. The standard InChI is InChI=1S/C22H26BN5O6/c1-14-21(31)33-23(34-22(32)15(2)28(14)3)13-26-19(29)17(11-16-7-5-4-6-8-16)27-20(30)18-12-24-9-10-25-18/h4-10,12,14-15,17H,11,13H2,1-3H3,(H,26,29)(H,27,30)/t14-,15-,17-/m0/s1. The second kappa shape index (κ2) is 11.4. The maximum atomic E-state index is 13.0. The number of nitrogens with one attached hydrogen (secondary N) is 2. The van der Waals surface area contributed by atoms with Crippen molar-refractivity contribution in [2.75, 3.05) is 13.5 Å². The fraction of sp³-hybridized carbons (Fsp3) is 0.364. The lowest BCUT2D eigenvalue weighted by Gasteiger charge is -2.32. The van der Waals surface area contributed by atoms with Crippen LogP contribution in [0.2, 0.25) is 0 Å². The second-order valence-electron chi connectivity index (χ2n) is 7.87. The molecule has 178 valence electrons. The predicted octanol–water partition coefficient (Wildman–Crippen LogP) is -0.230. The van der Waals surface area contributed by atoms with E-state index < -0.39 is 49.0 Å². The molecule has 0 aliphatic carbocycles. The van der Waals surface area contributed by atoms with Crippen molar-refractivity contribution < 1.29 is 28.5 Å². The third-order valence-corrected chi connectivity index (χ3v) is 5.54. The first-order chi connectivity index (χ1) is 16.3. The van der Waals surface area contributed by atoms with Crippen molar-refractivity contribution in [3.63, 3.8) is 0 Å². The molecule has 0 radical (unpaired) electrons. The maximum Gasteiger partial charge on any atom is 0.619 e. The molecule has 1 aliphatic heterocycles. The lowest BCUT2D eigenvalue weighted by Crippen LogP contribution is -2.56. The van der Waals surface area contributed by atoms with Gasteiger partial charge < -0.3 is 19.9 Å². The first kappa shape index (κ1) is 24.8. The lowest BCUT2D eigenvalue weighted by atomic mass is 9.88. The summed E-state index contributed by atoms with van der Waals surface area (Å²) < 4.78 is 10.5. The van der Waals surface area contributed by atoms with E-state index in [2.05, 4.69) is 20.6 Å². The summed E-state index contributed by atoms with van der Waals surface area (Å²) in [5.41, 5.74) is 0.875. The van der Waals surface area contributed by atoms with Gasteiger partial charge in [0, 0.05) is 18.8 Å². The summed E-state index contributed by atoms with van der Waals surface area (Å²) in [5, 5.41) is 5.26. The van der Waals surface area contributed by atoms with Crippen molar-refractivity contribution in [3.8, 4) is 0 Å². The second-order valence-corrected chi connectivity index (χ2v) is 7.87. The van der Waals surface area contributed by atoms with E-state index >= 15 is 0 Å². The van der Waals surface area contributed by atoms with Crippen molar-refractivity contribution in [1.82, 2.24) is 25.5 Å². The van der Waals surface area contributed by atoms with E-state index in [1.54, 1.807) is 20.9 Å². The fourth-order valence-corrected chi connectivity index (χ4v) is 3.25. The minimum Gasteiger partial charge on any atom is -0.497 e. The number of rotatable bonds is 7. The first-order valence-corrected chi connectivity index (χ1v) is 10.8. The molecule has 1 aromatic heterocycles. The highest BCUT2D eigenvalue weighted by Gasteiger charge is 2.39. The van der Waals surface area contributed by atoms with Crippen LogP contribution in [-0.2, 0) is 30.1 Å². The van der Waals surface area contributed by atoms with Gasteiger partial charge in [0.05, 0.1) is 12.6 Å². The Bertz CT molecular complexity index is 1000. The van der Waals surface area contributed by atoms with Crippen molar-refractivity contribution in [3.05, 3.63) is 60.2 Å². The number of benzene rings is 1. The average Bonchev–Trinajstić information content (AvgIpc) is 2.85. The molecule has 2 amide bonds. The molecule has 0 bridgehead atoms. The number of carbonyl (C=O) groups is 4. The summed E-state index contributed by atoms with van der Waals surface area (Å²) in [6.07, 6.45) is 4.02. The third-order valence-electron chi connectivity index (χ3n) is 5.54. The van der Waals surface area contributed by atoms with Crippen LogP contribution in [0, 0.1) is 0 Å². The number of hydrogen-bond donors (Lipinski definition) is 2. The largest absolute Gasteiger partial charge is 0.619 e. The number of amides is 2. The Labute approximate surface area is 197 Å². The van der Waals surface area contributed by atoms with Crippen LogP contribution in [0.4, 0.5) is 0 Å². The van der Waals surface area contributed by atoms with E-state index in [-0.39, 0.29) is 18.6 Å². The quantitative estimate of drug-likeness (QED) is 0.529. The van der Waals surface area contributed by atoms with Crippen molar-refractivity contribution in [2.24, 2.45) is 0 Å². The van der Waals surface area contributed by atoms with Crippen LogP contribution >= 0.6 is 0 Å². The highest BCUT2D eigenvalue weighted by atomic mass is 16.6. The van der Waals surface area contributed by atoms with E-state index in [9.17, 15) is 19.2 Å². The van der Waals surface area contributed by atoms with Crippen molar-refractivity contribution in [2.45, 2.75) is 38.4 Å². The van der Waals surface area contributed by atoms with Crippen LogP contribution < -0.4 is 10.6 Å². The Morgan fingerprint density at radius 1 is 1.09 bits per heavy atom. The lowest BCUT2D eigenvalue weighted by molar-refractivity contribution is -0.153. The van der Waals surface area contributed by atoms with E-state index in [1.165, 1.54) is 23.5 Å². The van der Waals surface area contributed by atoms with Gasteiger partial charge in [0.25, 0.3) is 5.91 Å². The third kappa shape index (κ3) is 6.38. The van der Waals surface area contributed by atoms with Gasteiger partial charge in [0.1, 0.15) is 23.8 Å². The van der Waals surface area contributed by atoms with Crippen LogP contribution in [0.1, 0.15) is 29.9 Å². The monoisotopic (exact) mass is 467 g/mol. The Hall–Kier alpha value is -3.80. The van der Waals surface area contributed by atoms with Gasteiger partial charge in [0.15, 0.2) is 0 Å². The summed E-state index contributed by atoms with van der Waals surface area (Å²) >= 11 is 0. The molecular weight excluding hydrogens is 441 g/mol. The molecule has 2 heterocycles. The summed E-state index contributed by atoms with van der Waals surface area (Å²) in [6, 6.07) is 6.83. The predicted molar refractivity (Wildman–Crippen MR) is 121 cm³/mol. The Morgan fingerprint density at radius 3 is 2.32 bits per heavy atom. The van der Waals surface area contributed by atoms with E-state index in [0.717, 1.165) is 5.56 Å². The van der Waals surface area contributed by atoms with Gasteiger partial charge in [-0.2, -0.15) is 0 Å². The molecule has 1 aliphatic rings. The molecule has 12 heteroatoms. The molecule has 3 rings (SSSR count). The van der Waals surface area contributed by atoms with Crippen LogP contribution in [0.15, 0.2) is 48.9 Å². The van der Waals surface area contributed by atoms with Gasteiger partial charge in [-0.25, -0.2) is 4.98 Å². The molecule has 34 heavy (non-hydrogen) atoms.